The third-order valence-electron chi connectivity index (χ3n) is 10.9. The van der Waals surface area contributed by atoms with E-state index < -0.39 is 40.6 Å². The Kier molecular flexibility index (Phi) is 14.5. The average Bonchev–Trinajstić information content (AvgIpc) is 3.89. The van der Waals surface area contributed by atoms with Gasteiger partial charge in [-0.2, -0.15) is 19.6 Å². The van der Waals surface area contributed by atoms with Crippen LogP contribution in [-0.2, 0) is 21.4 Å². The number of ether oxygens (including phenoxy) is 2. The van der Waals surface area contributed by atoms with E-state index in [-0.39, 0.29) is 17.5 Å². The Hall–Kier alpha value is -7.99. The minimum absolute atomic E-state index is 0.0399. The number of pyridine rings is 2. The van der Waals surface area contributed by atoms with Crippen LogP contribution in [0.3, 0.4) is 0 Å². The number of fused-ring (bicyclic) bond motifs is 2. The van der Waals surface area contributed by atoms with Gasteiger partial charge in [-0.05, 0) is 106 Å². The summed E-state index contributed by atoms with van der Waals surface area (Å²) in [7, 11) is 0. The number of aromatic nitrogens is 6. The van der Waals surface area contributed by atoms with E-state index in [1.165, 1.54) is 0 Å². The molecule has 18 heteroatoms. The van der Waals surface area contributed by atoms with Crippen molar-refractivity contribution in [2.45, 2.75) is 85.5 Å². The van der Waals surface area contributed by atoms with E-state index in [2.05, 4.69) is 60.0 Å². The highest BCUT2D eigenvalue weighted by Crippen LogP contribution is 2.40. The average molecular weight is 951 g/mol. The zero-order valence-electron chi connectivity index (χ0n) is 40.8. The topological polar surface area (TPSA) is 216 Å². The summed E-state index contributed by atoms with van der Waals surface area (Å²) in [5.74, 6) is -0.916. The maximum Gasteiger partial charge on any atom is 0.435 e. The second kappa shape index (κ2) is 20.3. The highest BCUT2D eigenvalue weighted by molar-refractivity contribution is 6.14. The molecule has 70 heavy (non-hydrogen) atoms. The number of amides is 3. The van der Waals surface area contributed by atoms with Gasteiger partial charge in [0.2, 0.25) is 0 Å². The van der Waals surface area contributed by atoms with Gasteiger partial charge in [-0.25, -0.2) is 14.4 Å². The summed E-state index contributed by atoms with van der Waals surface area (Å²) in [6.45, 7) is 20.5. The molecule has 1 aliphatic rings. The third kappa shape index (κ3) is 12.0. The summed E-state index contributed by atoms with van der Waals surface area (Å²) >= 11 is 0. The molecule has 5 heterocycles. The molecule has 3 N–H and O–H groups in total. The number of carbonyl (C=O) groups is 5. The van der Waals surface area contributed by atoms with Gasteiger partial charge < -0.3 is 30.1 Å². The van der Waals surface area contributed by atoms with Crippen molar-refractivity contribution in [3.05, 3.63) is 132 Å². The van der Waals surface area contributed by atoms with Crippen LogP contribution in [0.4, 0.5) is 25.8 Å². The Balaban J connectivity index is 0.000000243. The molecule has 18 nitrogen and oxygen atoms in total. The highest BCUT2D eigenvalue weighted by Gasteiger charge is 2.31. The molecule has 1 saturated heterocycles. The summed E-state index contributed by atoms with van der Waals surface area (Å²) in [5.41, 5.74) is 4.35. The van der Waals surface area contributed by atoms with Crippen molar-refractivity contribution in [3.63, 3.8) is 0 Å². The Bertz CT molecular complexity index is 3030. The first kappa shape index (κ1) is 49.9. The molecule has 7 aromatic rings. The van der Waals surface area contributed by atoms with Crippen molar-refractivity contribution in [1.82, 2.24) is 39.3 Å². The van der Waals surface area contributed by atoms with E-state index >= 15 is 0 Å². The van der Waals surface area contributed by atoms with Crippen LogP contribution in [0.15, 0.2) is 110 Å². The van der Waals surface area contributed by atoms with Gasteiger partial charge in [0.15, 0.2) is 11.4 Å². The first-order valence-electron chi connectivity index (χ1n) is 22.8. The van der Waals surface area contributed by atoms with Crippen LogP contribution < -0.4 is 10.6 Å². The lowest BCUT2D eigenvalue weighted by Crippen LogP contribution is -2.49. The van der Waals surface area contributed by atoms with Crippen LogP contribution in [0.1, 0.15) is 94.4 Å². The molecule has 3 amide bonds. The summed E-state index contributed by atoms with van der Waals surface area (Å²) in [6.07, 6.45) is 4.11. The molecule has 0 spiro atoms. The van der Waals surface area contributed by atoms with Gasteiger partial charge in [0.25, 0.3) is 11.8 Å². The number of anilines is 2. The van der Waals surface area contributed by atoms with E-state index in [9.17, 15) is 29.1 Å². The fraction of sp³-hybridized carbons (Fsp3) is 0.327. The molecule has 1 fully saturated rings. The number of benzene rings is 3. The summed E-state index contributed by atoms with van der Waals surface area (Å²) in [6, 6.07) is 25.6. The number of rotatable bonds is 7. The summed E-state index contributed by atoms with van der Waals surface area (Å²) in [4.78, 5) is 75.1. The Labute approximate surface area is 405 Å². The van der Waals surface area contributed by atoms with Gasteiger partial charge in [0, 0.05) is 79.7 Å². The maximum atomic E-state index is 13.5. The largest absolute Gasteiger partial charge is 0.463 e. The second-order valence-electron chi connectivity index (χ2n) is 19.8. The SMILES string of the molecule is CC(C)(C)OC(=O)N1CCN(Cc2ccc(-c3ccc4c(c(C(=O)Nc5ccncc5)nn4C(=O)O)c3C(C)(C)C)cc2)CC1.CC(C)(C)OC(=O)n1nc(C(=O)Nc2ccncc2)c2ccccc21. The van der Waals surface area contributed by atoms with Crippen molar-refractivity contribution in [2.75, 3.05) is 36.8 Å². The highest BCUT2D eigenvalue weighted by atomic mass is 16.6. The zero-order chi connectivity index (χ0) is 50.5. The van der Waals surface area contributed by atoms with Crippen molar-refractivity contribution in [1.29, 1.82) is 0 Å². The number of nitrogens with zero attached hydrogens (tertiary/aromatic N) is 8. The number of hydrogen-bond donors (Lipinski definition) is 3. The molecule has 0 saturated carbocycles. The van der Waals surface area contributed by atoms with Crippen molar-refractivity contribution < 1.29 is 38.6 Å². The second-order valence-corrected chi connectivity index (χ2v) is 19.8. The van der Waals surface area contributed by atoms with Gasteiger partial charge in [0.05, 0.1) is 11.0 Å². The van der Waals surface area contributed by atoms with E-state index in [1.54, 1.807) is 105 Å². The summed E-state index contributed by atoms with van der Waals surface area (Å²) < 4.78 is 12.9. The molecular formula is C52H58N10O8. The molecule has 8 rings (SSSR count). The Morgan fingerprint density at radius 1 is 0.600 bits per heavy atom. The monoisotopic (exact) mass is 950 g/mol. The van der Waals surface area contributed by atoms with Gasteiger partial charge >= 0.3 is 18.3 Å². The number of hydrogen-bond acceptors (Lipinski definition) is 12. The lowest BCUT2D eigenvalue weighted by molar-refractivity contribution is 0.0138. The van der Waals surface area contributed by atoms with E-state index in [1.807, 2.05) is 47.6 Å². The zero-order valence-corrected chi connectivity index (χ0v) is 40.8. The van der Waals surface area contributed by atoms with Crippen LogP contribution in [0, 0.1) is 0 Å². The minimum Gasteiger partial charge on any atom is -0.463 e. The number of nitrogens with one attached hydrogen (secondary N) is 2. The van der Waals surface area contributed by atoms with Crippen LogP contribution in [0.25, 0.3) is 32.9 Å². The van der Waals surface area contributed by atoms with E-state index in [0.717, 1.165) is 51.3 Å². The van der Waals surface area contributed by atoms with Gasteiger partial charge in [0.1, 0.15) is 11.2 Å². The van der Waals surface area contributed by atoms with Gasteiger partial charge in [-0.1, -0.05) is 69.3 Å². The quantitative estimate of drug-likeness (QED) is 0.136. The van der Waals surface area contributed by atoms with E-state index in [4.69, 9.17) is 9.47 Å². The number of carbonyl (C=O) groups excluding carboxylic acids is 4. The predicted molar refractivity (Wildman–Crippen MR) is 266 cm³/mol. The Morgan fingerprint density at radius 2 is 1.13 bits per heavy atom. The molecule has 0 aliphatic carbocycles. The first-order valence-corrected chi connectivity index (χ1v) is 22.8. The van der Waals surface area contributed by atoms with Crippen LogP contribution in [0.2, 0.25) is 0 Å². The fourth-order valence-electron chi connectivity index (χ4n) is 7.93. The lowest BCUT2D eigenvalue weighted by atomic mass is 9.79. The summed E-state index contributed by atoms with van der Waals surface area (Å²) in [5, 5.41) is 25.0. The molecule has 4 aromatic heterocycles. The van der Waals surface area contributed by atoms with Gasteiger partial charge in [-0.15, -0.1) is 0 Å². The normalized spacial score (nSPS) is 13.3. The smallest absolute Gasteiger partial charge is 0.435 e. The molecular weight excluding hydrogens is 893 g/mol. The van der Waals surface area contributed by atoms with Crippen LogP contribution in [-0.4, -0.2) is 112 Å². The van der Waals surface area contributed by atoms with Crippen LogP contribution in [0.5, 0.6) is 0 Å². The van der Waals surface area contributed by atoms with Crippen LogP contribution >= 0.6 is 0 Å². The molecule has 0 bridgehead atoms. The third-order valence-corrected chi connectivity index (χ3v) is 10.9. The standard InChI is InChI=1S/C34H40N6O5.C18H18N4O3/c1-33(2,3)28-25(11-12-26-27(28)29(37-40(26)31(42)43)30(41)36-24-13-15-35-16-14-24)23-9-7-22(8-10-23)21-38-17-19-39(20-18-38)32(44)45-34(4,5)6;1-18(2,3)25-17(24)22-14-7-5-4-6-13(14)15(21-22)16(23)20-12-8-10-19-11-9-12/h7-16H,17-21H2,1-6H3,(H,42,43)(H,35,36,41);4-11H,1-3H3,(H,19,20,23). The van der Waals surface area contributed by atoms with Crippen molar-refractivity contribution in [3.8, 4) is 11.1 Å². The lowest BCUT2D eigenvalue weighted by Gasteiger charge is -2.35. The minimum atomic E-state index is -1.27. The van der Waals surface area contributed by atoms with E-state index in [0.29, 0.717) is 46.3 Å². The predicted octanol–water partition coefficient (Wildman–Crippen LogP) is 9.69. The molecule has 0 atom stereocenters. The number of para-hydroxylation sites is 1. The number of carboxylic acid groups (broad SMARTS) is 1. The maximum absolute atomic E-state index is 13.5. The molecule has 1 aliphatic heterocycles. The molecule has 0 unspecified atom stereocenters. The van der Waals surface area contributed by atoms with Crippen molar-refractivity contribution in [2.24, 2.45) is 0 Å². The Morgan fingerprint density at radius 3 is 1.67 bits per heavy atom. The number of piperazine rings is 1. The van der Waals surface area contributed by atoms with Gasteiger partial charge in [-0.3, -0.25) is 24.5 Å². The fourth-order valence-corrected chi connectivity index (χ4v) is 7.93. The molecule has 364 valence electrons. The molecule has 0 radical (unpaired) electrons. The van der Waals surface area contributed by atoms with Crippen molar-refractivity contribution >= 4 is 63.3 Å². The molecule has 3 aromatic carbocycles. The first-order chi connectivity index (χ1) is 33.1.